The lowest BCUT2D eigenvalue weighted by Crippen LogP contribution is -2.33. The van der Waals surface area contributed by atoms with E-state index in [0.717, 1.165) is 51.1 Å². The van der Waals surface area contributed by atoms with Crippen molar-refractivity contribution in [2.24, 2.45) is 5.73 Å². The molecule has 0 heterocycles. The molecule has 0 fully saturated rings. The zero-order chi connectivity index (χ0) is 22.5. The Kier molecular flexibility index (Phi) is 7.15. The number of carbonyl (C=O) groups is 1. The number of hydrogen-bond acceptors (Lipinski definition) is 6. The Balaban J connectivity index is 2.17. The van der Waals surface area contributed by atoms with Crippen molar-refractivity contribution >= 4 is 16.7 Å². The van der Waals surface area contributed by atoms with Crippen molar-refractivity contribution in [3.8, 4) is 22.6 Å². The minimum atomic E-state index is -0.714. The first-order valence-electron chi connectivity index (χ1n) is 10.1. The van der Waals surface area contributed by atoms with Crippen molar-refractivity contribution in [3.05, 3.63) is 59.7 Å². The third-order valence-electron chi connectivity index (χ3n) is 5.29. The molecule has 3 aromatic rings. The van der Waals surface area contributed by atoms with E-state index in [1.54, 1.807) is 14.2 Å². The summed E-state index contributed by atoms with van der Waals surface area (Å²) in [6, 6.07) is 15.5. The number of fused-ring (bicyclic) bond motifs is 1. The van der Waals surface area contributed by atoms with Crippen molar-refractivity contribution in [2.75, 3.05) is 35.4 Å². The lowest BCUT2D eigenvalue weighted by atomic mass is 9.92. The highest BCUT2D eigenvalue weighted by molar-refractivity contribution is 6.01. The van der Waals surface area contributed by atoms with Gasteiger partial charge in [0.1, 0.15) is 17.5 Å². The molecule has 0 unspecified atom stereocenters. The Morgan fingerprint density at radius 1 is 0.968 bits per heavy atom. The largest absolute Gasteiger partial charge is 0.496 e. The Morgan fingerprint density at radius 2 is 1.58 bits per heavy atom. The van der Waals surface area contributed by atoms with Crippen LogP contribution in [0.5, 0.6) is 11.5 Å². The third kappa shape index (κ3) is 4.81. The normalized spacial score (nSPS) is 12.1. The Labute approximate surface area is 183 Å². The minimum absolute atomic E-state index is 0.392. The number of methoxy groups -OCH3 is 3. The molecule has 0 amide bonds. The molecular weight excluding hydrogens is 392 g/mol. The standard InChI is InChI=1S/C25H30N2O4/c1-27(2)15-16-12-22(29-3)24(23(13-16)30-4)20-11-7-9-18-17(8-6-10-19(18)20)14-21(26)25(28)31-5/h6-13,21H,14-15,26H2,1-5H3/t21-/m0/s1. The maximum absolute atomic E-state index is 11.8. The Morgan fingerprint density at radius 3 is 2.16 bits per heavy atom. The molecule has 2 N–H and O–H groups in total. The highest BCUT2D eigenvalue weighted by Crippen LogP contribution is 2.43. The van der Waals surface area contributed by atoms with Gasteiger partial charge in [-0.2, -0.15) is 0 Å². The van der Waals surface area contributed by atoms with Crippen LogP contribution in [-0.4, -0.2) is 52.3 Å². The van der Waals surface area contributed by atoms with E-state index in [0.29, 0.717) is 6.42 Å². The van der Waals surface area contributed by atoms with Crippen molar-refractivity contribution in [1.29, 1.82) is 0 Å². The van der Waals surface area contributed by atoms with E-state index in [9.17, 15) is 4.79 Å². The number of nitrogens with two attached hydrogens (primary N) is 1. The maximum atomic E-state index is 11.8. The zero-order valence-electron chi connectivity index (χ0n) is 18.8. The molecule has 0 saturated carbocycles. The fourth-order valence-corrected chi connectivity index (χ4v) is 3.93. The van der Waals surface area contributed by atoms with Gasteiger partial charge >= 0.3 is 5.97 Å². The van der Waals surface area contributed by atoms with Crippen LogP contribution >= 0.6 is 0 Å². The fraction of sp³-hybridized carbons (Fsp3) is 0.320. The molecule has 6 nitrogen and oxygen atoms in total. The van der Waals surface area contributed by atoms with Gasteiger partial charge in [-0.3, -0.25) is 4.79 Å². The summed E-state index contributed by atoms with van der Waals surface area (Å²) in [5.74, 6) is 1.08. The summed E-state index contributed by atoms with van der Waals surface area (Å²) >= 11 is 0. The summed E-state index contributed by atoms with van der Waals surface area (Å²) in [6.07, 6.45) is 0.392. The second-order valence-corrected chi connectivity index (χ2v) is 7.76. The summed E-state index contributed by atoms with van der Waals surface area (Å²) in [5, 5.41) is 2.06. The second kappa shape index (κ2) is 9.81. The van der Waals surface area contributed by atoms with Crippen LogP contribution in [0, 0.1) is 0 Å². The van der Waals surface area contributed by atoms with E-state index in [-0.39, 0.29) is 0 Å². The van der Waals surface area contributed by atoms with Gasteiger partial charge in [0, 0.05) is 6.54 Å². The predicted molar refractivity (Wildman–Crippen MR) is 124 cm³/mol. The van der Waals surface area contributed by atoms with Crippen LogP contribution in [0.15, 0.2) is 48.5 Å². The first-order valence-corrected chi connectivity index (χ1v) is 10.1. The number of benzene rings is 3. The van der Waals surface area contributed by atoms with Crippen molar-refractivity contribution < 1.29 is 19.0 Å². The van der Waals surface area contributed by atoms with Crippen molar-refractivity contribution in [1.82, 2.24) is 4.90 Å². The Hall–Kier alpha value is -3.09. The van der Waals surface area contributed by atoms with Gasteiger partial charge in [0.05, 0.1) is 26.9 Å². The summed E-state index contributed by atoms with van der Waals surface area (Å²) in [6.45, 7) is 0.776. The fourth-order valence-electron chi connectivity index (χ4n) is 3.93. The van der Waals surface area contributed by atoms with Crippen LogP contribution in [0.4, 0.5) is 0 Å². The van der Waals surface area contributed by atoms with Crippen LogP contribution in [-0.2, 0) is 22.5 Å². The van der Waals surface area contributed by atoms with E-state index >= 15 is 0 Å². The molecular formula is C25H30N2O4. The van der Waals surface area contributed by atoms with E-state index in [4.69, 9.17) is 19.9 Å². The molecule has 164 valence electrons. The number of esters is 1. The van der Waals surface area contributed by atoms with Gasteiger partial charge in [-0.1, -0.05) is 36.4 Å². The van der Waals surface area contributed by atoms with Gasteiger partial charge in [-0.05, 0) is 60.1 Å². The van der Waals surface area contributed by atoms with E-state index in [1.807, 2.05) is 50.5 Å². The first-order chi connectivity index (χ1) is 14.9. The average Bonchev–Trinajstić information content (AvgIpc) is 2.77. The molecule has 3 aromatic carbocycles. The number of nitrogens with zero attached hydrogens (tertiary/aromatic N) is 1. The predicted octanol–water partition coefficient (Wildman–Crippen LogP) is 3.63. The van der Waals surface area contributed by atoms with E-state index in [2.05, 4.69) is 17.0 Å². The van der Waals surface area contributed by atoms with Gasteiger partial charge in [-0.25, -0.2) is 0 Å². The van der Waals surface area contributed by atoms with Crippen LogP contribution in [0.3, 0.4) is 0 Å². The molecule has 0 aliphatic carbocycles. The van der Waals surface area contributed by atoms with Crippen molar-refractivity contribution in [2.45, 2.75) is 19.0 Å². The van der Waals surface area contributed by atoms with Crippen LogP contribution in [0.1, 0.15) is 11.1 Å². The summed E-state index contributed by atoms with van der Waals surface area (Å²) in [7, 11) is 8.74. The van der Waals surface area contributed by atoms with Gasteiger partial charge in [-0.15, -0.1) is 0 Å². The summed E-state index contributed by atoms with van der Waals surface area (Å²) < 4.78 is 16.3. The van der Waals surface area contributed by atoms with Gasteiger partial charge in [0.15, 0.2) is 0 Å². The molecule has 6 heteroatoms. The topological polar surface area (TPSA) is 74.0 Å². The highest BCUT2D eigenvalue weighted by atomic mass is 16.5. The van der Waals surface area contributed by atoms with E-state index in [1.165, 1.54) is 7.11 Å². The lowest BCUT2D eigenvalue weighted by Gasteiger charge is -2.19. The molecule has 3 rings (SSSR count). The number of rotatable bonds is 8. The summed E-state index contributed by atoms with van der Waals surface area (Å²) in [5.41, 5.74) is 10.0. The third-order valence-corrected chi connectivity index (χ3v) is 5.29. The maximum Gasteiger partial charge on any atom is 0.322 e. The molecule has 0 saturated heterocycles. The molecule has 31 heavy (non-hydrogen) atoms. The van der Waals surface area contributed by atoms with Crippen LogP contribution in [0.2, 0.25) is 0 Å². The van der Waals surface area contributed by atoms with Crippen molar-refractivity contribution in [3.63, 3.8) is 0 Å². The number of ether oxygens (including phenoxy) is 3. The first kappa shape index (κ1) is 22.6. The smallest absolute Gasteiger partial charge is 0.322 e. The minimum Gasteiger partial charge on any atom is -0.496 e. The molecule has 0 aliphatic rings. The quantitative estimate of drug-likeness (QED) is 0.559. The molecule has 0 aromatic heterocycles. The number of hydrogen-bond donors (Lipinski definition) is 1. The number of carbonyl (C=O) groups excluding carboxylic acids is 1. The van der Waals surface area contributed by atoms with Gasteiger partial charge < -0.3 is 24.8 Å². The van der Waals surface area contributed by atoms with E-state index < -0.39 is 12.0 Å². The zero-order valence-corrected chi connectivity index (χ0v) is 18.8. The second-order valence-electron chi connectivity index (χ2n) is 7.76. The highest BCUT2D eigenvalue weighted by Gasteiger charge is 2.20. The summed E-state index contributed by atoms with van der Waals surface area (Å²) in [4.78, 5) is 13.9. The molecule has 0 aliphatic heterocycles. The van der Waals surface area contributed by atoms with Gasteiger partial charge in [0.2, 0.25) is 0 Å². The SMILES string of the molecule is COC(=O)[C@@H](N)Cc1cccc2c(-c3c(OC)cc(CN(C)C)cc3OC)cccc12. The molecule has 1 atom stereocenters. The molecule has 0 spiro atoms. The monoisotopic (exact) mass is 422 g/mol. The molecule has 0 radical (unpaired) electrons. The lowest BCUT2D eigenvalue weighted by molar-refractivity contribution is -0.142. The average molecular weight is 423 g/mol. The van der Waals surface area contributed by atoms with Gasteiger partial charge in [0.25, 0.3) is 0 Å². The molecule has 0 bridgehead atoms. The Bertz CT molecular complexity index is 1050. The van der Waals surface area contributed by atoms with Crippen LogP contribution < -0.4 is 15.2 Å². The van der Waals surface area contributed by atoms with Crippen LogP contribution in [0.25, 0.3) is 21.9 Å².